The number of hydrogen-bond donors (Lipinski definition) is 7. The minimum Gasteiger partial charge on any atom is -0.478 e. The summed E-state index contributed by atoms with van der Waals surface area (Å²) < 4.78 is 0. The summed E-state index contributed by atoms with van der Waals surface area (Å²) in [7, 11) is 0. The Kier molecular flexibility index (Phi) is 22.5. The molecule has 0 aliphatic carbocycles. The van der Waals surface area contributed by atoms with E-state index in [1.807, 2.05) is 0 Å². The third-order valence-electron chi connectivity index (χ3n) is 2.21. The number of aliphatic hydroxyl groups is 6. The second-order valence-corrected chi connectivity index (χ2v) is 4.13. The van der Waals surface area contributed by atoms with Crippen molar-refractivity contribution >= 4 is 5.97 Å². The first-order valence-electron chi connectivity index (χ1n) is 6.45. The van der Waals surface area contributed by atoms with Crippen LogP contribution in [0.15, 0.2) is 12.7 Å². The maximum Gasteiger partial charge on any atom is 0.327 e. The van der Waals surface area contributed by atoms with Crippen LogP contribution in [0.5, 0.6) is 0 Å². The van der Waals surface area contributed by atoms with Crippen molar-refractivity contribution in [3.8, 4) is 0 Å². The largest absolute Gasteiger partial charge is 0.478 e. The Hall–Kier alpha value is -1.03. The summed E-state index contributed by atoms with van der Waals surface area (Å²) in [6.07, 6.45) is 0.375. The molecule has 0 rings (SSSR count). The Bertz CT molecular complexity index is 228. The van der Waals surface area contributed by atoms with Gasteiger partial charge in [-0.2, -0.15) is 0 Å². The fourth-order valence-electron chi connectivity index (χ4n) is 0.773. The Morgan fingerprint density at radius 1 is 1.10 bits per heavy atom. The molecule has 0 fully saturated rings. The van der Waals surface area contributed by atoms with Crippen LogP contribution in [0.4, 0.5) is 0 Å². The van der Waals surface area contributed by atoms with E-state index in [9.17, 15) is 4.79 Å². The third kappa shape index (κ3) is 24.4. The summed E-state index contributed by atoms with van der Waals surface area (Å²) in [6, 6.07) is 0. The van der Waals surface area contributed by atoms with Crippen molar-refractivity contribution in [3.63, 3.8) is 0 Å². The zero-order chi connectivity index (χ0) is 17.3. The van der Waals surface area contributed by atoms with Crippen LogP contribution in [0.2, 0.25) is 0 Å². The van der Waals surface area contributed by atoms with Gasteiger partial charge in [-0.1, -0.05) is 6.58 Å². The van der Waals surface area contributed by atoms with E-state index in [1.54, 1.807) is 0 Å². The summed E-state index contributed by atoms with van der Waals surface area (Å²) >= 11 is 0. The number of carboxylic acid groups (broad SMARTS) is 1. The molecule has 0 aromatic rings. The molecule has 0 aromatic heterocycles. The predicted octanol–water partition coefficient (Wildman–Crippen LogP) is -1.66. The molecule has 0 heterocycles. The highest BCUT2D eigenvalue weighted by atomic mass is 16.4. The Labute approximate surface area is 124 Å². The van der Waals surface area contributed by atoms with Gasteiger partial charge < -0.3 is 35.7 Å². The van der Waals surface area contributed by atoms with Crippen molar-refractivity contribution in [2.75, 3.05) is 26.4 Å². The van der Waals surface area contributed by atoms with Gasteiger partial charge in [-0.15, -0.1) is 0 Å². The van der Waals surface area contributed by atoms with Crippen molar-refractivity contribution < 1.29 is 40.5 Å². The van der Waals surface area contributed by atoms with Crippen LogP contribution in [0.1, 0.15) is 19.8 Å². The van der Waals surface area contributed by atoms with E-state index >= 15 is 0 Å². The van der Waals surface area contributed by atoms with Crippen molar-refractivity contribution in [3.05, 3.63) is 12.7 Å². The van der Waals surface area contributed by atoms with Crippen LogP contribution < -0.4 is 0 Å². The Morgan fingerprint density at radius 3 is 1.67 bits per heavy atom. The summed E-state index contributed by atoms with van der Waals surface area (Å²) in [4.78, 5) is 9.25. The van der Waals surface area contributed by atoms with Gasteiger partial charge in [0.2, 0.25) is 0 Å². The van der Waals surface area contributed by atoms with Crippen LogP contribution >= 0.6 is 0 Å². The minimum atomic E-state index is -0.986. The highest BCUT2D eigenvalue weighted by Crippen LogP contribution is 2.02. The molecule has 0 aromatic carbocycles. The van der Waals surface area contributed by atoms with Gasteiger partial charge in [-0.25, -0.2) is 4.79 Å². The minimum absolute atomic E-state index is 0.0104. The van der Waals surface area contributed by atoms with E-state index in [-0.39, 0.29) is 32.3 Å². The molecule has 2 atom stereocenters. The smallest absolute Gasteiger partial charge is 0.327 e. The molecule has 0 aliphatic heterocycles. The van der Waals surface area contributed by atoms with Crippen LogP contribution in [0, 0.1) is 5.92 Å². The molecule has 8 nitrogen and oxygen atoms in total. The fourth-order valence-corrected chi connectivity index (χ4v) is 0.773. The molecule has 0 radical (unpaired) electrons. The lowest BCUT2D eigenvalue weighted by Crippen LogP contribution is -2.25. The van der Waals surface area contributed by atoms with E-state index in [1.165, 1.54) is 6.92 Å². The lowest BCUT2D eigenvalue weighted by Gasteiger charge is -2.07. The first-order chi connectivity index (χ1) is 9.80. The van der Waals surface area contributed by atoms with E-state index in [0.717, 1.165) is 6.08 Å². The van der Waals surface area contributed by atoms with Crippen LogP contribution in [0.3, 0.4) is 0 Å². The molecule has 0 spiro atoms. The lowest BCUT2D eigenvalue weighted by molar-refractivity contribution is -0.131. The summed E-state index contributed by atoms with van der Waals surface area (Å²) in [5.41, 5.74) is 0. The fraction of sp³-hybridized carbons (Fsp3) is 0.769. The van der Waals surface area contributed by atoms with E-state index in [4.69, 9.17) is 35.7 Å². The number of carboxylic acids is 1. The van der Waals surface area contributed by atoms with Crippen molar-refractivity contribution in [1.82, 2.24) is 0 Å². The number of aliphatic hydroxyl groups excluding tert-OH is 6. The lowest BCUT2D eigenvalue weighted by atomic mass is 10.1. The van der Waals surface area contributed by atoms with Gasteiger partial charge in [0.1, 0.15) is 6.10 Å². The van der Waals surface area contributed by atoms with E-state index in [2.05, 4.69) is 6.58 Å². The second kappa shape index (κ2) is 19.0. The standard InChI is InChI=1S/C6H14O3.C4H10O3.C3H4O2/c7-3-1-2-6(4-8)5-9;1-3(6)4(7)2-5;1-2-3(4)5/h6-9H,1-5H2;3-7H,2H2,1H3;2H,1H2,(H,4,5). The molecule has 8 heteroatoms. The first-order valence-corrected chi connectivity index (χ1v) is 6.45. The van der Waals surface area contributed by atoms with Crippen molar-refractivity contribution in [2.24, 2.45) is 5.92 Å². The highest BCUT2D eigenvalue weighted by molar-refractivity contribution is 5.78. The van der Waals surface area contributed by atoms with Gasteiger partial charge in [0, 0.05) is 31.8 Å². The summed E-state index contributed by atoms with van der Waals surface area (Å²) in [6.45, 7) is 4.16. The number of carbonyl (C=O) groups is 1. The molecule has 21 heavy (non-hydrogen) atoms. The van der Waals surface area contributed by atoms with Crippen molar-refractivity contribution in [2.45, 2.75) is 32.0 Å². The van der Waals surface area contributed by atoms with Gasteiger partial charge in [0.05, 0.1) is 12.7 Å². The van der Waals surface area contributed by atoms with E-state index in [0.29, 0.717) is 12.8 Å². The molecule has 0 saturated carbocycles. The normalized spacial score (nSPS) is 12.4. The molecule has 7 N–H and O–H groups in total. The quantitative estimate of drug-likeness (QED) is 0.262. The van der Waals surface area contributed by atoms with Crippen LogP contribution in [-0.2, 0) is 4.79 Å². The number of aliphatic carboxylic acids is 1. The van der Waals surface area contributed by atoms with Crippen LogP contribution in [0.25, 0.3) is 0 Å². The monoisotopic (exact) mass is 312 g/mol. The third-order valence-corrected chi connectivity index (χ3v) is 2.21. The Morgan fingerprint density at radius 2 is 1.52 bits per heavy atom. The molecule has 0 saturated heterocycles. The summed E-state index contributed by atoms with van der Waals surface area (Å²) in [5.74, 6) is -1.03. The zero-order valence-corrected chi connectivity index (χ0v) is 12.3. The number of hydrogen-bond acceptors (Lipinski definition) is 7. The first kappa shape index (κ1) is 25.0. The maximum atomic E-state index is 9.25. The number of rotatable bonds is 8. The van der Waals surface area contributed by atoms with E-state index < -0.39 is 18.2 Å². The average Bonchev–Trinajstić information content (AvgIpc) is 2.48. The van der Waals surface area contributed by atoms with Crippen LogP contribution in [-0.4, -0.2) is 80.4 Å². The average molecular weight is 312 g/mol. The molecule has 128 valence electrons. The SMILES string of the molecule is C=CC(=O)O.CC(O)C(O)CO.OCCCC(CO)CO. The van der Waals surface area contributed by atoms with Crippen molar-refractivity contribution in [1.29, 1.82) is 0 Å². The molecular weight excluding hydrogens is 284 g/mol. The predicted molar refractivity (Wildman–Crippen MR) is 76.6 cm³/mol. The molecule has 0 aliphatic rings. The van der Waals surface area contributed by atoms with Gasteiger partial charge in [-0.05, 0) is 19.8 Å². The second-order valence-electron chi connectivity index (χ2n) is 4.13. The van der Waals surface area contributed by atoms with Gasteiger partial charge in [0.25, 0.3) is 0 Å². The highest BCUT2D eigenvalue weighted by Gasteiger charge is 2.06. The molecule has 0 amide bonds. The topological polar surface area (TPSA) is 159 Å². The zero-order valence-electron chi connectivity index (χ0n) is 12.3. The van der Waals surface area contributed by atoms with Gasteiger partial charge >= 0.3 is 5.97 Å². The van der Waals surface area contributed by atoms with Gasteiger partial charge in [-0.3, -0.25) is 0 Å². The molecular formula is C13H28O8. The summed E-state index contributed by atoms with van der Waals surface area (Å²) in [5, 5.41) is 57.9. The molecule has 2 unspecified atom stereocenters. The maximum absolute atomic E-state index is 9.25. The van der Waals surface area contributed by atoms with Gasteiger partial charge in [0.15, 0.2) is 0 Å². The Balaban J connectivity index is -0.000000242. The molecule has 0 bridgehead atoms.